The summed E-state index contributed by atoms with van der Waals surface area (Å²) in [6, 6.07) is 7.95. The van der Waals surface area contributed by atoms with Crippen LogP contribution in [-0.4, -0.2) is 4.57 Å². The average molecular weight is 324 g/mol. The summed E-state index contributed by atoms with van der Waals surface area (Å²) in [5, 5.41) is 0. The summed E-state index contributed by atoms with van der Waals surface area (Å²) in [6.45, 7) is 3.97. The first kappa shape index (κ1) is 14.0. The summed E-state index contributed by atoms with van der Waals surface area (Å²) in [5.41, 5.74) is 1.91. The minimum absolute atomic E-state index is 0.0750. The fourth-order valence-corrected chi connectivity index (χ4v) is 2.50. The Labute approximate surface area is 120 Å². The number of hydrogen-bond donors (Lipinski definition) is 0. The van der Waals surface area contributed by atoms with Crippen molar-refractivity contribution >= 4 is 15.9 Å². The molecule has 0 unspecified atom stereocenters. The summed E-state index contributed by atoms with van der Waals surface area (Å²) in [5.74, 6) is -0.271. The van der Waals surface area contributed by atoms with Crippen LogP contribution in [0.15, 0.2) is 45.8 Å². The third-order valence-electron chi connectivity index (χ3n) is 3.23. The van der Waals surface area contributed by atoms with Gasteiger partial charge >= 0.3 is 0 Å². The molecule has 100 valence electrons. The largest absolute Gasteiger partial charge is 0.307 e. The van der Waals surface area contributed by atoms with Crippen LogP contribution in [0.25, 0.3) is 0 Å². The minimum atomic E-state index is -0.271. The molecule has 1 heterocycles. The van der Waals surface area contributed by atoms with Crippen molar-refractivity contribution in [2.24, 2.45) is 0 Å². The smallest absolute Gasteiger partial charge is 0.265 e. The van der Waals surface area contributed by atoms with E-state index in [1.54, 1.807) is 16.7 Å². The van der Waals surface area contributed by atoms with Gasteiger partial charge in [-0.1, -0.05) is 19.1 Å². The molecule has 4 heteroatoms. The summed E-state index contributed by atoms with van der Waals surface area (Å²) in [7, 11) is 0. The molecule has 0 aliphatic carbocycles. The molecule has 0 bridgehead atoms. The molecule has 0 aliphatic rings. The van der Waals surface area contributed by atoms with Crippen LogP contribution in [0.1, 0.15) is 31.0 Å². The van der Waals surface area contributed by atoms with Crippen molar-refractivity contribution < 1.29 is 4.39 Å². The Morgan fingerprint density at radius 2 is 1.95 bits per heavy atom. The molecule has 19 heavy (non-hydrogen) atoms. The van der Waals surface area contributed by atoms with E-state index in [1.807, 2.05) is 26.1 Å². The number of benzene rings is 1. The van der Waals surface area contributed by atoms with Crippen molar-refractivity contribution in [2.45, 2.75) is 26.3 Å². The number of pyridine rings is 1. The van der Waals surface area contributed by atoms with Crippen molar-refractivity contribution in [1.29, 1.82) is 0 Å². The van der Waals surface area contributed by atoms with Crippen LogP contribution in [0.4, 0.5) is 4.39 Å². The zero-order valence-corrected chi connectivity index (χ0v) is 12.4. The van der Waals surface area contributed by atoms with Gasteiger partial charge in [-0.3, -0.25) is 4.79 Å². The summed E-state index contributed by atoms with van der Waals surface area (Å²) < 4.78 is 15.2. The number of nitrogens with zero attached hydrogens (tertiary/aromatic N) is 1. The van der Waals surface area contributed by atoms with Gasteiger partial charge in [0.2, 0.25) is 0 Å². The maximum absolute atomic E-state index is 12.9. The standard InChI is InChI=1S/C15H15BrFNO/c1-3-11-8-14(16)15(19)18(9-11)10(2)12-4-6-13(17)7-5-12/h4-10H,3H2,1-2H3/t10-/m0/s1. The van der Waals surface area contributed by atoms with Crippen LogP contribution in [0, 0.1) is 5.82 Å². The highest BCUT2D eigenvalue weighted by molar-refractivity contribution is 9.10. The number of aryl methyl sites for hydroxylation is 1. The number of aromatic nitrogens is 1. The zero-order valence-electron chi connectivity index (χ0n) is 10.9. The molecule has 2 aromatic rings. The van der Waals surface area contributed by atoms with Gasteiger partial charge in [0, 0.05) is 6.20 Å². The lowest BCUT2D eigenvalue weighted by atomic mass is 10.1. The minimum Gasteiger partial charge on any atom is -0.307 e. The van der Waals surface area contributed by atoms with E-state index in [9.17, 15) is 9.18 Å². The average Bonchev–Trinajstić information content (AvgIpc) is 2.41. The lowest BCUT2D eigenvalue weighted by Gasteiger charge is -2.17. The first-order chi connectivity index (χ1) is 9.02. The van der Waals surface area contributed by atoms with Gasteiger partial charge in [-0.05, 0) is 58.6 Å². The Kier molecular flexibility index (Phi) is 4.20. The van der Waals surface area contributed by atoms with Gasteiger partial charge in [0.05, 0.1) is 10.5 Å². The molecule has 0 N–H and O–H groups in total. The summed E-state index contributed by atoms with van der Waals surface area (Å²) in [6.07, 6.45) is 2.72. The van der Waals surface area contributed by atoms with E-state index in [0.717, 1.165) is 17.5 Å². The van der Waals surface area contributed by atoms with E-state index in [0.29, 0.717) is 4.47 Å². The Morgan fingerprint density at radius 1 is 1.32 bits per heavy atom. The summed E-state index contributed by atoms with van der Waals surface area (Å²) >= 11 is 3.30. The number of hydrogen-bond acceptors (Lipinski definition) is 1. The maximum Gasteiger partial charge on any atom is 0.265 e. The highest BCUT2D eigenvalue weighted by Crippen LogP contribution is 2.18. The first-order valence-electron chi connectivity index (χ1n) is 6.19. The van der Waals surface area contributed by atoms with E-state index >= 15 is 0 Å². The molecular weight excluding hydrogens is 309 g/mol. The molecule has 0 saturated carbocycles. The second kappa shape index (κ2) is 5.70. The lowest BCUT2D eigenvalue weighted by molar-refractivity contribution is 0.599. The highest BCUT2D eigenvalue weighted by atomic mass is 79.9. The van der Waals surface area contributed by atoms with E-state index in [2.05, 4.69) is 15.9 Å². The van der Waals surface area contributed by atoms with Crippen molar-refractivity contribution in [1.82, 2.24) is 4.57 Å². The van der Waals surface area contributed by atoms with Crippen LogP contribution >= 0.6 is 15.9 Å². The topological polar surface area (TPSA) is 22.0 Å². The number of halogens is 2. The second-order valence-electron chi connectivity index (χ2n) is 4.49. The lowest BCUT2D eigenvalue weighted by Crippen LogP contribution is -2.24. The Bertz CT molecular complexity index is 634. The molecule has 0 spiro atoms. The van der Waals surface area contributed by atoms with Gasteiger partial charge in [-0.2, -0.15) is 0 Å². The third-order valence-corrected chi connectivity index (χ3v) is 3.80. The second-order valence-corrected chi connectivity index (χ2v) is 5.34. The van der Waals surface area contributed by atoms with Gasteiger partial charge in [-0.25, -0.2) is 4.39 Å². The molecule has 0 amide bonds. The first-order valence-corrected chi connectivity index (χ1v) is 6.98. The molecular formula is C15H15BrFNO. The van der Waals surface area contributed by atoms with E-state index in [1.165, 1.54) is 12.1 Å². The van der Waals surface area contributed by atoms with Gasteiger partial charge in [-0.15, -0.1) is 0 Å². The Balaban J connectivity index is 2.49. The van der Waals surface area contributed by atoms with E-state index < -0.39 is 0 Å². The predicted molar refractivity (Wildman–Crippen MR) is 78.0 cm³/mol. The van der Waals surface area contributed by atoms with Crippen molar-refractivity contribution in [3.8, 4) is 0 Å². The van der Waals surface area contributed by atoms with Crippen molar-refractivity contribution in [3.63, 3.8) is 0 Å². The van der Waals surface area contributed by atoms with Crippen molar-refractivity contribution in [3.05, 3.63) is 68.3 Å². The molecule has 1 aromatic heterocycles. The van der Waals surface area contributed by atoms with Crippen LogP contribution in [-0.2, 0) is 6.42 Å². The fourth-order valence-electron chi connectivity index (χ4n) is 2.01. The molecule has 1 aromatic carbocycles. The summed E-state index contributed by atoms with van der Waals surface area (Å²) in [4.78, 5) is 12.2. The van der Waals surface area contributed by atoms with Crippen molar-refractivity contribution in [2.75, 3.05) is 0 Å². The van der Waals surface area contributed by atoms with Crippen LogP contribution in [0.2, 0.25) is 0 Å². The van der Waals surface area contributed by atoms with E-state index in [4.69, 9.17) is 0 Å². The van der Waals surface area contributed by atoms with Gasteiger partial charge in [0.25, 0.3) is 5.56 Å². The molecule has 0 saturated heterocycles. The quantitative estimate of drug-likeness (QED) is 0.839. The number of rotatable bonds is 3. The molecule has 2 rings (SSSR count). The molecule has 0 radical (unpaired) electrons. The van der Waals surface area contributed by atoms with E-state index in [-0.39, 0.29) is 17.4 Å². The molecule has 0 fully saturated rings. The SMILES string of the molecule is CCc1cc(Br)c(=O)n([C@@H](C)c2ccc(F)cc2)c1. The third kappa shape index (κ3) is 2.95. The molecule has 1 atom stereocenters. The molecule has 0 aliphatic heterocycles. The Morgan fingerprint density at radius 3 is 2.53 bits per heavy atom. The normalized spacial score (nSPS) is 12.4. The zero-order chi connectivity index (χ0) is 14.0. The van der Waals surface area contributed by atoms with Crippen LogP contribution < -0.4 is 5.56 Å². The Hall–Kier alpha value is -1.42. The monoisotopic (exact) mass is 323 g/mol. The maximum atomic E-state index is 12.9. The predicted octanol–water partition coefficient (Wildman–Crippen LogP) is 3.92. The molecule has 2 nitrogen and oxygen atoms in total. The van der Waals surface area contributed by atoms with Crippen LogP contribution in [0.3, 0.4) is 0 Å². The van der Waals surface area contributed by atoms with Gasteiger partial charge in [0.1, 0.15) is 5.82 Å². The van der Waals surface area contributed by atoms with Gasteiger partial charge in [0.15, 0.2) is 0 Å². The highest BCUT2D eigenvalue weighted by Gasteiger charge is 2.12. The van der Waals surface area contributed by atoms with Crippen LogP contribution in [0.5, 0.6) is 0 Å². The van der Waals surface area contributed by atoms with Gasteiger partial charge < -0.3 is 4.57 Å². The fraction of sp³-hybridized carbons (Fsp3) is 0.267.